The molecule has 0 amide bonds. The molecule has 2 N–H and O–H groups in total. The maximum absolute atomic E-state index is 14.6. The largest absolute Gasteiger partial charge is 0.493 e. The fourth-order valence-electron chi connectivity index (χ4n) is 4.15. The molecule has 1 aromatic carbocycles. The first-order valence-electron chi connectivity index (χ1n) is 11.0. The number of thioether (sulfide) groups is 1. The number of H-pyrrole nitrogens is 1. The van der Waals surface area contributed by atoms with Crippen molar-refractivity contribution in [2.24, 2.45) is 5.92 Å². The molecule has 32 heavy (non-hydrogen) atoms. The van der Waals surface area contributed by atoms with Crippen molar-refractivity contribution in [3.05, 3.63) is 34.1 Å². The molecule has 1 aromatic heterocycles. The molecule has 0 unspecified atom stereocenters. The monoisotopic (exact) mass is 465 g/mol. The number of aromatic amines is 1. The molecule has 0 bridgehead atoms. The van der Waals surface area contributed by atoms with Gasteiger partial charge in [-0.1, -0.05) is 0 Å². The topological polar surface area (TPSA) is 105 Å². The second kappa shape index (κ2) is 10.6. The van der Waals surface area contributed by atoms with E-state index < -0.39 is 17.3 Å². The number of nitrogens with one attached hydrogen (secondary N) is 1. The van der Waals surface area contributed by atoms with Gasteiger partial charge >= 0.3 is 5.97 Å². The second-order valence-corrected chi connectivity index (χ2v) is 9.65. The number of nitrogens with zero attached hydrogens (tertiary/aromatic N) is 2. The number of aliphatic carboxylic acids is 1. The van der Waals surface area contributed by atoms with Crippen LogP contribution in [0.5, 0.6) is 5.75 Å². The van der Waals surface area contributed by atoms with Gasteiger partial charge < -0.3 is 19.6 Å². The van der Waals surface area contributed by atoms with E-state index in [1.807, 2.05) is 4.90 Å². The quantitative estimate of drug-likeness (QED) is 0.613. The molecule has 0 atom stereocenters. The number of hydrogen-bond acceptors (Lipinski definition) is 7. The third kappa shape index (κ3) is 5.99. The summed E-state index contributed by atoms with van der Waals surface area (Å²) in [6.07, 6.45) is 3.61. The van der Waals surface area contributed by atoms with Gasteiger partial charge in [0.15, 0.2) is 0 Å². The lowest BCUT2D eigenvalue weighted by Crippen LogP contribution is -2.38. The van der Waals surface area contributed by atoms with E-state index in [4.69, 9.17) is 14.6 Å². The van der Waals surface area contributed by atoms with Crippen LogP contribution >= 0.6 is 11.8 Å². The van der Waals surface area contributed by atoms with Gasteiger partial charge in [-0.2, -0.15) is 11.8 Å². The highest BCUT2D eigenvalue weighted by molar-refractivity contribution is 7.99. The van der Waals surface area contributed by atoms with Crippen LogP contribution in [0.4, 0.5) is 4.39 Å². The number of fused-ring (bicyclic) bond motifs is 1. The van der Waals surface area contributed by atoms with Crippen molar-refractivity contribution >= 4 is 28.6 Å². The molecular formula is C22H28FN3O5S. The summed E-state index contributed by atoms with van der Waals surface area (Å²) in [6.45, 7) is 3.48. The first kappa shape index (κ1) is 23.0. The van der Waals surface area contributed by atoms with Crippen molar-refractivity contribution in [2.75, 3.05) is 39.5 Å². The summed E-state index contributed by atoms with van der Waals surface area (Å²) in [6, 6.07) is 2.88. The first-order chi connectivity index (χ1) is 15.5. The zero-order valence-electron chi connectivity index (χ0n) is 17.8. The predicted octanol–water partition coefficient (Wildman–Crippen LogP) is 2.65. The zero-order valence-corrected chi connectivity index (χ0v) is 18.7. The molecule has 8 nitrogen and oxygen atoms in total. The van der Waals surface area contributed by atoms with Gasteiger partial charge in [-0.05, 0) is 44.7 Å². The molecule has 0 saturated carbocycles. The van der Waals surface area contributed by atoms with Crippen molar-refractivity contribution < 1.29 is 23.8 Å². The van der Waals surface area contributed by atoms with E-state index in [1.54, 1.807) is 17.8 Å². The van der Waals surface area contributed by atoms with Gasteiger partial charge in [0.05, 0.1) is 24.4 Å². The van der Waals surface area contributed by atoms with Gasteiger partial charge in [0.2, 0.25) is 0 Å². The van der Waals surface area contributed by atoms with E-state index in [0.29, 0.717) is 40.6 Å². The smallest absolute Gasteiger partial charge is 0.317 e. The Morgan fingerprint density at radius 3 is 2.75 bits per heavy atom. The van der Waals surface area contributed by atoms with E-state index in [0.717, 1.165) is 52.0 Å². The van der Waals surface area contributed by atoms with Gasteiger partial charge in [-0.25, -0.2) is 9.37 Å². The minimum absolute atomic E-state index is 0.0563. The number of carboxylic acids is 1. The summed E-state index contributed by atoms with van der Waals surface area (Å²) in [4.78, 5) is 32.4. The number of halogens is 1. The fraction of sp³-hybridized carbons (Fsp3) is 0.591. The molecule has 2 fully saturated rings. The molecule has 0 spiro atoms. The lowest BCUT2D eigenvalue weighted by molar-refractivity contribution is -0.138. The number of likely N-dealkylation sites (tertiary alicyclic amines) is 1. The first-order valence-corrected chi connectivity index (χ1v) is 12.0. The summed E-state index contributed by atoms with van der Waals surface area (Å²) in [5.41, 5.74) is -0.196. The zero-order chi connectivity index (χ0) is 22.5. The number of benzene rings is 1. The number of aromatic nitrogens is 2. The van der Waals surface area contributed by atoms with E-state index in [2.05, 4.69) is 9.97 Å². The van der Waals surface area contributed by atoms with Gasteiger partial charge in [-0.15, -0.1) is 0 Å². The molecule has 2 aliphatic rings. The van der Waals surface area contributed by atoms with Gasteiger partial charge in [0.25, 0.3) is 5.56 Å². The third-order valence-corrected chi connectivity index (χ3v) is 7.34. The average molecular weight is 466 g/mol. The standard InChI is InChI=1S/C22H28FN3O5S/c23-17-9-15(31-12-14-3-7-30-8-4-14)10-18-21(17)22(29)25-19(24-18)13-32-16-1-5-26(6-2-16)11-20(27)28/h9-10,14,16H,1-8,11-13H2,(H,27,28)(H,24,25,29). The van der Waals surface area contributed by atoms with Crippen LogP contribution in [-0.2, 0) is 15.3 Å². The Bertz CT molecular complexity index is 1000. The number of hydrogen-bond donors (Lipinski definition) is 2. The van der Waals surface area contributed by atoms with Crippen LogP contribution < -0.4 is 10.3 Å². The normalized spacial score (nSPS) is 18.8. The second-order valence-electron chi connectivity index (χ2n) is 8.36. The minimum atomic E-state index is -0.808. The van der Waals surface area contributed by atoms with E-state index >= 15 is 0 Å². The molecule has 174 valence electrons. The molecule has 0 aliphatic carbocycles. The Kier molecular flexibility index (Phi) is 7.64. The van der Waals surface area contributed by atoms with Crippen LogP contribution in [0.15, 0.2) is 16.9 Å². The van der Waals surface area contributed by atoms with Crippen LogP contribution in [0.1, 0.15) is 31.5 Å². The fourth-order valence-corrected chi connectivity index (χ4v) is 5.22. The van der Waals surface area contributed by atoms with Crippen LogP contribution in [0, 0.1) is 11.7 Å². The number of rotatable bonds is 8. The van der Waals surface area contributed by atoms with Gasteiger partial charge in [-0.3, -0.25) is 14.5 Å². The molecule has 2 aliphatic heterocycles. The number of carboxylic acid groups (broad SMARTS) is 1. The molecule has 2 saturated heterocycles. The maximum Gasteiger partial charge on any atom is 0.317 e. The van der Waals surface area contributed by atoms with Crippen molar-refractivity contribution in [3.8, 4) is 5.75 Å². The van der Waals surface area contributed by atoms with Crippen molar-refractivity contribution in [1.82, 2.24) is 14.9 Å². The summed E-state index contributed by atoms with van der Waals surface area (Å²) in [5.74, 6) is 0.318. The molecule has 3 heterocycles. The highest BCUT2D eigenvalue weighted by Crippen LogP contribution is 2.27. The number of carbonyl (C=O) groups is 1. The van der Waals surface area contributed by atoms with Crippen LogP contribution in [0.25, 0.3) is 10.9 Å². The van der Waals surface area contributed by atoms with Crippen LogP contribution in [0.2, 0.25) is 0 Å². The third-order valence-electron chi connectivity index (χ3n) is 5.96. The summed E-state index contributed by atoms with van der Waals surface area (Å²) in [7, 11) is 0. The van der Waals surface area contributed by atoms with Crippen molar-refractivity contribution in [1.29, 1.82) is 0 Å². The van der Waals surface area contributed by atoms with E-state index in [-0.39, 0.29) is 11.9 Å². The number of piperidine rings is 1. The highest BCUT2D eigenvalue weighted by Gasteiger charge is 2.22. The molecule has 0 radical (unpaired) electrons. The Balaban J connectivity index is 1.39. The van der Waals surface area contributed by atoms with E-state index in [9.17, 15) is 14.0 Å². The highest BCUT2D eigenvalue weighted by atomic mass is 32.2. The summed E-state index contributed by atoms with van der Waals surface area (Å²) >= 11 is 1.68. The SMILES string of the molecule is O=C(O)CN1CCC(SCc2nc3cc(OCC4CCOCC4)cc(F)c3c(=O)[nH]2)CC1. The Morgan fingerprint density at radius 2 is 2.03 bits per heavy atom. The van der Waals surface area contributed by atoms with Gasteiger partial charge in [0, 0.05) is 30.6 Å². The number of ether oxygens (including phenoxy) is 2. The minimum Gasteiger partial charge on any atom is -0.493 e. The Labute approximate surface area is 189 Å². The summed E-state index contributed by atoms with van der Waals surface area (Å²) < 4.78 is 25.8. The van der Waals surface area contributed by atoms with Crippen LogP contribution in [-0.4, -0.2) is 70.6 Å². The average Bonchev–Trinajstić information content (AvgIpc) is 2.77. The molecule has 4 rings (SSSR count). The van der Waals surface area contributed by atoms with Crippen molar-refractivity contribution in [2.45, 2.75) is 36.7 Å². The molecular weight excluding hydrogens is 437 g/mol. The van der Waals surface area contributed by atoms with Crippen molar-refractivity contribution in [3.63, 3.8) is 0 Å². The summed E-state index contributed by atoms with van der Waals surface area (Å²) in [5, 5.41) is 9.22. The predicted molar refractivity (Wildman–Crippen MR) is 120 cm³/mol. The van der Waals surface area contributed by atoms with Gasteiger partial charge in [0.1, 0.15) is 22.8 Å². The molecule has 2 aromatic rings. The van der Waals surface area contributed by atoms with Crippen LogP contribution in [0.3, 0.4) is 0 Å². The lowest BCUT2D eigenvalue weighted by atomic mass is 10.0. The Hall–Kier alpha value is -2.17. The van der Waals surface area contributed by atoms with E-state index in [1.165, 1.54) is 6.07 Å². The lowest BCUT2D eigenvalue weighted by Gasteiger charge is -2.30. The Morgan fingerprint density at radius 1 is 1.28 bits per heavy atom. The maximum atomic E-state index is 14.6. The molecule has 10 heteroatoms.